The molecule has 18 heavy (non-hydrogen) atoms. The fourth-order valence-electron chi connectivity index (χ4n) is 2.78. The molecule has 3 nitrogen and oxygen atoms in total. The first-order valence-electron chi connectivity index (χ1n) is 6.65. The Morgan fingerprint density at radius 1 is 1.44 bits per heavy atom. The summed E-state index contributed by atoms with van der Waals surface area (Å²) in [6, 6.07) is 1.52. The maximum Gasteiger partial charge on any atom is 0.352 e. The average Bonchev–Trinajstić information content (AvgIpc) is 2.70. The lowest BCUT2D eigenvalue weighted by Gasteiger charge is -2.26. The second kappa shape index (κ2) is 5.79. The summed E-state index contributed by atoms with van der Waals surface area (Å²) < 4.78 is 1.77. The highest BCUT2D eigenvalue weighted by Gasteiger charge is 2.19. The van der Waals surface area contributed by atoms with Gasteiger partial charge in [0, 0.05) is 12.7 Å². The molecule has 0 aliphatic heterocycles. The van der Waals surface area contributed by atoms with E-state index in [1.807, 2.05) is 0 Å². The normalized spacial score (nSPS) is 24.1. The Bertz CT molecular complexity index is 419. The summed E-state index contributed by atoms with van der Waals surface area (Å²) in [4.78, 5) is 11.0. The van der Waals surface area contributed by atoms with Crippen molar-refractivity contribution in [2.24, 2.45) is 11.8 Å². The van der Waals surface area contributed by atoms with Crippen molar-refractivity contribution < 1.29 is 9.90 Å². The second-order valence-corrected chi connectivity index (χ2v) is 5.89. The van der Waals surface area contributed by atoms with Crippen LogP contribution >= 0.6 is 11.6 Å². The number of nitrogens with zero attached hydrogens (tertiary/aromatic N) is 1. The third-order valence-electron chi connectivity index (χ3n) is 4.00. The van der Waals surface area contributed by atoms with Crippen molar-refractivity contribution in [1.82, 2.24) is 4.57 Å². The van der Waals surface area contributed by atoms with Gasteiger partial charge < -0.3 is 9.67 Å². The van der Waals surface area contributed by atoms with Crippen LogP contribution in [0.5, 0.6) is 0 Å². The quantitative estimate of drug-likeness (QED) is 0.896. The first-order chi connectivity index (χ1) is 8.56. The zero-order valence-electron chi connectivity index (χ0n) is 10.7. The highest BCUT2D eigenvalue weighted by atomic mass is 35.5. The van der Waals surface area contributed by atoms with Gasteiger partial charge in [-0.1, -0.05) is 44.2 Å². The van der Waals surface area contributed by atoms with Crippen LogP contribution in [-0.4, -0.2) is 15.6 Å². The SMILES string of the molecule is CC1CCC(CCn2cc(Cl)cc2C(=O)O)CC1. The monoisotopic (exact) mass is 269 g/mol. The highest BCUT2D eigenvalue weighted by Crippen LogP contribution is 2.31. The highest BCUT2D eigenvalue weighted by molar-refractivity contribution is 6.30. The van der Waals surface area contributed by atoms with Crippen LogP contribution in [0.4, 0.5) is 0 Å². The van der Waals surface area contributed by atoms with Crippen LogP contribution in [0.15, 0.2) is 12.3 Å². The minimum Gasteiger partial charge on any atom is -0.477 e. The van der Waals surface area contributed by atoms with Gasteiger partial charge in [0.25, 0.3) is 0 Å². The zero-order chi connectivity index (χ0) is 13.1. The number of aromatic carboxylic acids is 1. The van der Waals surface area contributed by atoms with Crippen LogP contribution in [0, 0.1) is 11.8 Å². The Hall–Kier alpha value is -0.960. The molecule has 0 spiro atoms. The number of hydrogen-bond donors (Lipinski definition) is 1. The first kappa shape index (κ1) is 13.5. The maximum absolute atomic E-state index is 11.0. The smallest absolute Gasteiger partial charge is 0.352 e. The van der Waals surface area contributed by atoms with Crippen molar-refractivity contribution in [2.45, 2.75) is 45.6 Å². The lowest BCUT2D eigenvalue weighted by molar-refractivity contribution is 0.0684. The molecule has 1 N–H and O–H groups in total. The van der Waals surface area contributed by atoms with Gasteiger partial charge in [-0.3, -0.25) is 0 Å². The molecule has 0 aromatic carbocycles. The van der Waals surface area contributed by atoms with Crippen molar-refractivity contribution in [3.05, 3.63) is 23.0 Å². The van der Waals surface area contributed by atoms with Gasteiger partial charge in [-0.05, 0) is 24.3 Å². The van der Waals surface area contributed by atoms with Gasteiger partial charge in [-0.25, -0.2) is 4.79 Å². The van der Waals surface area contributed by atoms with E-state index in [9.17, 15) is 4.79 Å². The Balaban J connectivity index is 1.92. The number of carboxylic acids is 1. The Morgan fingerprint density at radius 3 is 2.72 bits per heavy atom. The molecule has 1 aromatic heterocycles. The van der Waals surface area contributed by atoms with Crippen molar-refractivity contribution in [1.29, 1.82) is 0 Å². The van der Waals surface area contributed by atoms with Gasteiger partial charge in [0.1, 0.15) is 5.69 Å². The molecule has 0 saturated heterocycles. The van der Waals surface area contributed by atoms with Crippen LogP contribution < -0.4 is 0 Å². The minimum atomic E-state index is -0.904. The lowest BCUT2D eigenvalue weighted by atomic mass is 9.81. The standard InChI is InChI=1S/C14H20ClNO2/c1-10-2-4-11(5-3-10)6-7-16-9-12(15)8-13(16)14(17)18/h8-11H,2-7H2,1H3,(H,17,18). The number of carbonyl (C=O) groups is 1. The molecule has 4 heteroatoms. The van der Waals surface area contributed by atoms with Crippen LogP contribution in [-0.2, 0) is 6.54 Å². The summed E-state index contributed by atoms with van der Waals surface area (Å²) in [5, 5.41) is 9.58. The van der Waals surface area contributed by atoms with Gasteiger partial charge in [0.05, 0.1) is 5.02 Å². The van der Waals surface area contributed by atoms with E-state index in [4.69, 9.17) is 16.7 Å². The lowest BCUT2D eigenvalue weighted by Crippen LogP contribution is -2.15. The molecule has 100 valence electrons. The van der Waals surface area contributed by atoms with Crippen LogP contribution in [0.2, 0.25) is 5.02 Å². The largest absolute Gasteiger partial charge is 0.477 e. The van der Waals surface area contributed by atoms with Crippen molar-refractivity contribution >= 4 is 17.6 Å². The molecule has 2 rings (SSSR count). The summed E-state index contributed by atoms with van der Waals surface area (Å²) in [7, 11) is 0. The van der Waals surface area contributed by atoms with Crippen LogP contribution in [0.1, 0.15) is 49.5 Å². The number of carboxylic acid groups (broad SMARTS) is 1. The van der Waals surface area contributed by atoms with Crippen molar-refractivity contribution in [3.63, 3.8) is 0 Å². The van der Waals surface area contributed by atoms with E-state index in [1.165, 1.54) is 31.7 Å². The molecule has 0 amide bonds. The molecule has 1 aliphatic rings. The third kappa shape index (κ3) is 3.29. The number of aromatic nitrogens is 1. The zero-order valence-corrected chi connectivity index (χ0v) is 11.5. The van der Waals surface area contributed by atoms with Crippen LogP contribution in [0.3, 0.4) is 0 Å². The average molecular weight is 270 g/mol. The van der Waals surface area contributed by atoms with Gasteiger partial charge in [0.2, 0.25) is 0 Å². The van der Waals surface area contributed by atoms with Gasteiger partial charge in [-0.15, -0.1) is 0 Å². The minimum absolute atomic E-state index is 0.296. The number of aryl methyl sites for hydroxylation is 1. The molecule has 0 radical (unpaired) electrons. The van der Waals surface area contributed by atoms with E-state index in [1.54, 1.807) is 10.8 Å². The first-order valence-corrected chi connectivity index (χ1v) is 7.03. The molecule has 1 aliphatic carbocycles. The molecule has 1 heterocycles. The summed E-state index contributed by atoms with van der Waals surface area (Å²) in [6.45, 7) is 3.07. The molecule has 1 aromatic rings. The number of halogens is 1. The summed E-state index contributed by atoms with van der Waals surface area (Å²) in [5.41, 5.74) is 0.296. The number of hydrogen-bond acceptors (Lipinski definition) is 1. The molecule has 1 saturated carbocycles. The van der Waals surface area contributed by atoms with Crippen molar-refractivity contribution in [2.75, 3.05) is 0 Å². The van der Waals surface area contributed by atoms with Crippen molar-refractivity contribution in [3.8, 4) is 0 Å². The predicted molar refractivity (Wildman–Crippen MR) is 72.1 cm³/mol. The predicted octanol–water partition coefficient (Wildman–Crippen LogP) is 4.06. The topological polar surface area (TPSA) is 42.2 Å². The second-order valence-electron chi connectivity index (χ2n) is 5.46. The van der Waals surface area contributed by atoms with Crippen LogP contribution in [0.25, 0.3) is 0 Å². The third-order valence-corrected chi connectivity index (χ3v) is 4.20. The molecular weight excluding hydrogens is 250 g/mol. The fraction of sp³-hybridized carbons (Fsp3) is 0.643. The Kier molecular flexibility index (Phi) is 4.33. The van der Waals surface area contributed by atoms with Gasteiger partial charge in [-0.2, -0.15) is 0 Å². The summed E-state index contributed by atoms with van der Waals surface area (Å²) in [6.07, 6.45) is 7.94. The fourth-order valence-corrected chi connectivity index (χ4v) is 3.00. The van der Waals surface area contributed by atoms with E-state index in [0.717, 1.165) is 24.8 Å². The molecule has 0 atom stereocenters. The van der Waals surface area contributed by atoms with E-state index in [0.29, 0.717) is 10.7 Å². The van der Waals surface area contributed by atoms with Gasteiger partial charge >= 0.3 is 5.97 Å². The Labute approximate surface area is 113 Å². The molecule has 0 bridgehead atoms. The number of rotatable bonds is 4. The van der Waals surface area contributed by atoms with Gasteiger partial charge in [0.15, 0.2) is 0 Å². The van der Waals surface area contributed by atoms with E-state index >= 15 is 0 Å². The molecule has 0 unspecified atom stereocenters. The Morgan fingerprint density at radius 2 is 2.11 bits per heavy atom. The summed E-state index contributed by atoms with van der Waals surface area (Å²) in [5.74, 6) is 0.694. The molecule has 1 fully saturated rings. The summed E-state index contributed by atoms with van der Waals surface area (Å²) >= 11 is 5.87. The van der Waals surface area contributed by atoms with E-state index in [-0.39, 0.29) is 0 Å². The van der Waals surface area contributed by atoms with E-state index in [2.05, 4.69) is 6.92 Å². The maximum atomic E-state index is 11.0. The van der Waals surface area contributed by atoms with E-state index < -0.39 is 5.97 Å². The molecular formula is C14H20ClNO2.